The SMILES string of the molecule is FC(F)(F)Oc1ccc(-c2cc(C(F)(F)F)c(COc3ccc4cc[nH]c4c3)c(C3CC3)n2)cc1. The number of halogens is 6. The van der Waals surface area contributed by atoms with E-state index in [1.165, 1.54) is 12.1 Å². The molecular weight excluding hydrogens is 474 g/mol. The first-order valence-electron chi connectivity index (χ1n) is 10.7. The lowest BCUT2D eigenvalue weighted by molar-refractivity contribution is -0.274. The largest absolute Gasteiger partial charge is 0.573 e. The maximum absolute atomic E-state index is 14.1. The molecule has 4 nitrogen and oxygen atoms in total. The topological polar surface area (TPSA) is 47.1 Å². The molecule has 0 radical (unpaired) electrons. The summed E-state index contributed by atoms with van der Waals surface area (Å²) in [6.07, 6.45) is -6.38. The van der Waals surface area contributed by atoms with Crippen molar-refractivity contribution in [3.8, 4) is 22.8 Å². The summed E-state index contributed by atoms with van der Waals surface area (Å²) in [7, 11) is 0. The Morgan fingerprint density at radius 3 is 2.26 bits per heavy atom. The molecule has 0 unspecified atom stereocenters. The summed E-state index contributed by atoms with van der Waals surface area (Å²) in [5, 5.41) is 0.949. The number of H-pyrrole nitrogens is 1. The van der Waals surface area contributed by atoms with Gasteiger partial charge in [-0.15, -0.1) is 13.2 Å². The number of aromatic amines is 1. The van der Waals surface area contributed by atoms with Gasteiger partial charge in [0.1, 0.15) is 18.1 Å². The van der Waals surface area contributed by atoms with Crippen molar-refractivity contribution in [1.82, 2.24) is 9.97 Å². The molecule has 5 rings (SSSR count). The van der Waals surface area contributed by atoms with E-state index in [9.17, 15) is 26.3 Å². The molecule has 0 saturated heterocycles. The molecule has 0 atom stereocenters. The van der Waals surface area contributed by atoms with Crippen molar-refractivity contribution >= 4 is 10.9 Å². The normalized spacial score (nSPS) is 14.3. The molecule has 0 amide bonds. The molecule has 1 aliphatic rings. The Balaban J connectivity index is 1.49. The molecule has 1 saturated carbocycles. The summed E-state index contributed by atoms with van der Waals surface area (Å²) in [6, 6.07) is 12.6. The van der Waals surface area contributed by atoms with E-state index in [-0.39, 0.29) is 29.3 Å². The Morgan fingerprint density at radius 1 is 0.886 bits per heavy atom. The van der Waals surface area contributed by atoms with Crippen LogP contribution in [0.1, 0.15) is 35.6 Å². The second kappa shape index (κ2) is 8.51. The van der Waals surface area contributed by atoms with Gasteiger partial charge in [0.05, 0.1) is 17.0 Å². The lowest BCUT2D eigenvalue weighted by Gasteiger charge is -2.19. The first-order chi connectivity index (χ1) is 16.6. The fourth-order valence-corrected chi connectivity index (χ4v) is 3.94. The van der Waals surface area contributed by atoms with Crippen molar-refractivity contribution in [3.05, 3.63) is 77.6 Å². The predicted molar refractivity (Wildman–Crippen MR) is 116 cm³/mol. The van der Waals surface area contributed by atoms with Crippen LogP contribution in [-0.4, -0.2) is 16.3 Å². The predicted octanol–water partition coefficient (Wildman–Crippen LogP) is 7.60. The smallest absolute Gasteiger partial charge is 0.489 e. The third-order valence-electron chi connectivity index (χ3n) is 5.72. The van der Waals surface area contributed by atoms with Crippen molar-refractivity contribution in [1.29, 1.82) is 0 Å². The summed E-state index contributed by atoms with van der Waals surface area (Å²) >= 11 is 0. The van der Waals surface area contributed by atoms with Crippen LogP contribution in [0.3, 0.4) is 0 Å². The van der Waals surface area contributed by atoms with E-state index in [4.69, 9.17) is 4.74 Å². The molecule has 35 heavy (non-hydrogen) atoms. The van der Waals surface area contributed by atoms with Crippen LogP contribution in [0.4, 0.5) is 26.3 Å². The first-order valence-corrected chi connectivity index (χ1v) is 10.7. The lowest BCUT2D eigenvalue weighted by Crippen LogP contribution is -2.17. The molecule has 1 aliphatic carbocycles. The highest BCUT2D eigenvalue weighted by molar-refractivity contribution is 5.80. The van der Waals surface area contributed by atoms with Crippen LogP contribution >= 0.6 is 0 Å². The van der Waals surface area contributed by atoms with Crippen LogP contribution < -0.4 is 9.47 Å². The lowest BCUT2D eigenvalue weighted by atomic mass is 9.99. The number of rotatable bonds is 6. The van der Waals surface area contributed by atoms with Crippen LogP contribution in [0.2, 0.25) is 0 Å². The zero-order valence-electron chi connectivity index (χ0n) is 18.0. The number of ether oxygens (including phenoxy) is 2. The van der Waals surface area contributed by atoms with Gasteiger partial charge >= 0.3 is 12.5 Å². The van der Waals surface area contributed by atoms with Crippen molar-refractivity contribution in [2.45, 2.75) is 37.9 Å². The summed E-state index contributed by atoms with van der Waals surface area (Å²) in [5.41, 5.74) is 0.457. The molecule has 2 aromatic carbocycles. The Kier molecular flexibility index (Phi) is 5.61. The minimum absolute atomic E-state index is 0.0225. The van der Waals surface area contributed by atoms with E-state index in [0.717, 1.165) is 29.1 Å². The van der Waals surface area contributed by atoms with E-state index < -0.39 is 23.9 Å². The molecular formula is C25H18F6N2O2. The number of nitrogens with one attached hydrogen (secondary N) is 1. The fraction of sp³-hybridized carbons (Fsp3) is 0.240. The third kappa shape index (κ3) is 5.21. The summed E-state index contributed by atoms with van der Waals surface area (Å²) in [4.78, 5) is 7.52. The Labute approximate surface area is 195 Å². The fourth-order valence-electron chi connectivity index (χ4n) is 3.94. The molecule has 0 bridgehead atoms. The molecule has 1 fully saturated rings. The molecule has 182 valence electrons. The molecule has 4 aromatic rings. The molecule has 10 heteroatoms. The molecule has 2 heterocycles. The molecule has 2 aromatic heterocycles. The van der Waals surface area contributed by atoms with Crippen molar-refractivity contribution < 1.29 is 35.8 Å². The van der Waals surface area contributed by atoms with Gasteiger partial charge in [-0.2, -0.15) is 13.2 Å². The highest BCUT2D eigenvalue weighted by atomic mass is 19.4. The zero-order chi connectivity index (χ0) is 24.8. The van der Waals surface area contributed by atoms with Gasteiger partial charge < -0.3 is 14.5 Å². The molecule has 0 aliphatic heterocycles. The zero-order valence-corrected chi connectivity index (χ0v) is 18.0. The van der Waals surface area contributed by atoms with E-state index in [1.807, 2.05) is 6.07 Å². The van der Waals surface area contributed by atoms with Gasteiger partial charge in [-0.3, -0.25) is 4.98 Å². The van der Waals surface area contributed by atoms with Gasteiger partial charge in [-0.05, 0) is 66.8 Å². The number of nitrogens with zero attached hydrogens (tertiary/aromatic N) is 1. The highest BCUT2D eigenvalue weighted by Gasteiger charge is 2.39. The molecule has 0 spiro atoms. The maximum atomic E-state index is 14.1. The highest BCUT2D eigenvalue weighted by Crippen LogP contribution is 2.45. The number of fused-ring (bicyclic) bond motifs is 1. The van der Waals surface area contributed by atoms with Crippen molar-refractivity contribution in [2.75, 3.05) is 0 Å². The van der Waals surface area contributed by atoms with Crippen LogP contribution in [0.5, 0.6) is 11.5 Å². The monoisotopic (exact) mass is 492 g/mol. The summed E-state index contributed by atoms with van der Waals surface area (Å²) < 4.78 is 89.2. The van der Waals surface area contributed by atoms with E-state index in [2.05, 4.69) is 14.7 Å². The average Bonchev–Trinajstić information content (AvgIpc) is 3.53. The number of benzene rings is 2. The minimum Gasteiger partial charge on any atom is -0.489 e. The van der Waals surface area contributed by atoms with Gasteiger partial charge in [0.25, 0.3) is 0 Å². The quantitative estimate of drug-likeness (QED) is 0.282. The Hall–Kier alpha value is -3.69. The van der Waals surface area contributed by atoms with Crippen molar-refractivity contribution in [2.24, 2.45) is 0 Å². The van der Waals surface area contributed by atoms with Crippen LogP contribution in [0.25, 0.3) is 22.2 Å². The number of alkyl halides is 6. The van der Waals surface area contributed by atoms with Crippen LogP contribution in [0.15, 0.2) is 60.8 Å². The number of pyridine rings is 1. The average molecular weight is 492 g/mol. The summed E-state index contributed by atoms with van der Waals surface area (Å²) in [6.45, 7) is -0.321. The van der Waals surface area contributed by atoms with Gasteiger partial charge in [0.15, 0.2) is 0 Å². The van der Waals surface area contributed by atoms with Gasteiger partial charge in [0, 0.05) is 34.8 Å². The Bertz CT molecular complexity index is 1360. The van der Waals surface area contributed by atoms with Crippen LogP contribution in [-0.2, 0) is 12.8 Å². The number of hydrogen-bond donors (Lipinski definition) is 1. The third-order valence-corrected chi connectivity index (χ3v) is 5.72. The second-order valence-corrected chi connectivity index (χ2v) is 8.28. The van der Waals surface area contributed by atoms with Gasteiger partial charge in [-0.1, -0.05) is 0 Å². The van der Waals surface area contributed by atoms with Gasteiger partial charge in [-0.25, -0.2) is 0 Å². The van der Waals surface area contributed by atoms with E-state index in [0.29, 0.717) is 24.3 Å². The second-order valence-electron chi connectivity index (χ2n) is 8.28. The standard InChI is InChI=1S/C25H18F6N2O2/c26-24(27,28)20-12-22(14-3-6-17(7-4-14)35-25(29,30)31)33-23(16-1-2-16)19(20)13-34-18-8-5-15-9-10-32-21(15)11-18/h3-12,16,32H,1-2,13H2. The number of hydrogen-bond acceptors (Lipinski definition) is 3. The number of aromatic nitrogens is 2. The van der Waals surface area contributed by atoms with Gasteiger partial charge in [0.2, 0.25) is 0 Å². The summed E-state index contributed by atoms with van der Waals surface area (Å²) in [5.74, 6) is -0.184. The Morgan fingerprint density at radius 2 is 1.60 bits per heavy atom. The molecule has 1 N–H and O–H groups in total. The van der Waals surface area contributed by atoms with E-state index in [1.54, 1.807) is 24.4 Å². The minimum atomic E-state index is -4.87. The first kappa shape index (κ1) is 23.1. The van der Waals surface area contributed by atoms with Crippen LogP contribution in [0, 0.1) is 0 Å². The van der Waals surface area contributed by atoms with Crippen molar-refractivity contribution in [3.63, 3.8) is 0 Å². The van der Waals surface area contributed by atoms with E-state index >= 15 is 0 Å². The maximum Gasteiger partial charge on any atom is 0.573 e.